The molecule has 1 aromatic carbocycles. The number of ether oxygens (including phenoxy) is 3. The Hall–Kier alpha value is -1.95. The molecule has 1 rings (SSSR count). The maximum Gasteiger partial charge on any atom is 0.307 e. The molecule has 148 valence electrons. The summed E-state index contributed by atoms with van der Waals surface area (Å²) in [5, 5.41) is 9.18. The van der Waals surface area contributed by atoms with E-state index in [-0.39, 0.29) is 12.5 Å². The van der Waals surface area contributed by atoms with Crippen LogP contribution in [0.25, 0.3) is 0 Å². The van der Waals surface area contributed by atoms with Gasteiger partial charge in [0.2, 0.25) is 0 Å². The second-order valence-electron chi connectivity index (χ2n) is 6.35. The zero-order valence-corrected chi connectivity index (χ0v) is 16.4. The van der Waals surface area contributed by atoms with Crippen LogP contribution in [0.2, 0.25) is 0 Å². The summed E-state index contributed by atoms with van der Waals surface area (Å²) in [6, 6.07) is 3.80. The van der Waals surface area contributed by atoms with Crippen molar-refractivity contribution in [1.82, 2.24) is 0 Å². The summed E-state index contributed by atoms with van der Waals surface area (Å²) in [6.45, 7) is 9.72. The molecule has 0 amide bonds. The molecular weight excluding hydrogens is 334 g/mol. The second-order valence-corrected chi connectivity index (χ2v) is 6.35. The number of nitrogens with two attached hydrogens (primary N) is 1. The molecule has 0 heterocycles. The predicted octanol–water partition coefficient (Wildman–Crippen LogP) is 3.50. The fourth-order valence-electron chi connectivity index (χ4n) is 2.95. The molecule has 1 aromatic rings. The first kappa shape index (κ1) is 22.1. The van der Waals surface area contributed by atoms with E-state index in [0.717, 1.165) is 35.7 Å². The van der Waals surface area contributed by atoms with Crippen LogP contribution in [0, 0.1) is 11.8 Å². The first-order chi connectivity index (χ1) is 12.5. The van der Waals surface area contributed by atoms with Gasteiger partial charge in [0, 0.05) is 24.2 Å². The summed E-state index contributed by atoms with van der Waals surface area (Å²) >= 11 is 0. The quantitative estimate of drug-likeness (QED) is 0.554. The molecule has 0 fully saturated rings. The second kappa shape index (κ2) is 11.6. The number of hydrogen-bond donors (Lipinski definition) is 2. The number of carboxylic acids is 1. The highest BCUT2D eigenvalue weighted by atomic mass is 16.5. The Morgan fingerprint density at radius 1 is 1.08 bits per heavy atom. The van der Waals surface area contributed by atoms with Crippen LogP contribution in [0.1, 0.15) is 46.1 Å². The number of aliphatic carboxylic acids is 1. The van der Waals surface area contributed by atoms with Crippen LogP contribution in [0.4, 0.5) is 0 Å². The van der Waals surface area contributed by atoms with Gasteiger partial charge in [0.1, 0.15) is 17.2 Å². The third kappa shape index (κ3) is 6.75. The molecule has 0 saturated heterocycles. The third-order valence-electron chi connectivity index (χ3n) is 4.26. The van der Waals surface area contributed by atoms with Crippen molar-refractivity contribution in [2.45, 2.75) is 47.0 Å². The number of rotatable bonds is 13. The highest BCUT2D eigenvalue weighted by Crippen LogP contribution is 2.36. The molecule has 0 aliphatic rings. The van der Waals surface area contributed by atoms with Gasteiger partial charge in [0.25, 0.3) is 0 Å². The van der Waals surface area contributed by atoms with Gasteiger partial charge in [-0.15, -0.1) is 0 Å². The Balaban J connectivity index is 2.95. The maximum absolute atomic E-state index is 11.2. The van der Waals surface area contributed by atoms with Crippen LogP contribution in [-0.4, -0.2) is 37.4 Å². The van der Waals surface area contributed by atoms with Gasteiger partial charge in [-0.2, -0.15) is 0 Å². The SMILES string of the molecule is CCOc1cc(OCC)c(CCC(C)CC(CN)C(=O)O)c(OCC)c1. The van der Waals surface area contributed by atoms with Gasteiger partial charge in [-0.1, -0.05) is 6.92 Å². The lowest BCUT2D eigenvalue weighted by Gasteiger charge is -2.20. The van der Waals surface area contributed by atoms with E-state index in [0.29, 0.717) is 26.2 Å². The Morgan fingerprint density at radius 2 is 1.62 bits per heavy atom. The normalized spacial score (nSPS) is 13.1. The van der Waals surface area contributed by atoms with Gasteiger partial charge in [-0.05, 0) is 46.0 Å². The van der Waals surface area contributed by atoms with Crippen molar-refractivity contribution < 1.29 is 24.1 Å². The highest BCUT2D eigenvalue weighted by Gasteiger charge is 2.20. The standard InChI is InChI=1S/C20H33NO5/c1-5-24-16-11-18(25-6-2)17(19(12-16)26-7-3)9-8-14(4)10-15(13-21)20(22)23/h11-12,14-15H,5-10,13,21H2,1-4H3,(H,22,23). The van der Waals surface area contributed by atoms with Gasteiger partial charge < -0.3 is 25.1 Å². The molecular formula is C20H33NO5. The number of hydrogen-bond acceptors (Lipinski definition) is 5. The molecule has 6 heteroatoms. The smallest absolute Gasteiger partial charge is 0.307 e. The predicted molar refractivity (Wildman–Crippen MR) is 102 cm³/mol. The van der Waals surface area contributed by atoms with E-state index < -0.39 is 11.9 Å². The zero-order chi connectivity index (χ0) is 19.5. The molecule has 26 heavy (non-hydrogen) atoms. The van der Waals surface area contributed by atoms with Crippen molar-refractivity contribution in [3.8, 4) is 17.2 Å². The lowest BCUT2D eigenvalue weighted by atomic mass is 9.90. The minimum atomic E-state index is -0.828. The first-order valence-corrected chi connectivity index (χ1v) is 9.44. The highest BCUT2D eigenvalue weighted by molar-refractivity contribution is 5.70. The summed E-state index contributed by atoms with van der Waals surface area (Å²) in [7, 11) is 0. The van der Waals surface area contributed by atoms with E-state index >= 15 is 0 Å². The van der Waals surface area contributed by atoms with Gasteiger partial charge in [0.15, 0.2) is 0 Å². The largest absolute Gasteiger partial charge is 0.494 e. The molecule has 2 atom stereocenters. The van der Waals surface area contributed by atoms with Gasteiger partial charge in [-0.25, -0.2) is 0 Å². The van der Waals surface area contributed by atoms with Crippen LogP contribution in [0.15, 0.2) is 12.1 Å². The van der Waals surface area contributed by atoms with Crippen molar-refractivity contribution in [1.29, 1.82) is 0 Å². The molecule has 3 N–H and O–H groups in total. The molecule has 6 nitrogen and oxygen atoms in total. The average Bonchev–Trinajstić information content (AvgIpc) is 2.59. The fourth-order valence-corrected chi connectivity index (χ4v) is 2.95. The van der Waals surface area contributed by atoms with Crippen LogP contribution in [-0.2, 0) is 11.2 Å². The number of carbonyl (C=O) groups is 1. The minimum absolute atomic E-state index is 0.164. The van der Waals surface area contributed by atoms with Gasteiger partial charge >= 0.3 is 5.97 Å². The van der Waals surface area contributed by atoms with Crippen molar-refractivity contribution in [2.75, 3.05) is 26.4 Å². The lowest BCUT2D eigenvalue weighted by molar-refractivity contribution is -0.141. The summed E-state index contributed by atoms with van der Waals surface area (Å²) < 4.78 is 17.2. The zero-order valence-electron chi connectivity index (χ0n) is 16.4. The average molecular weight is 367 g/mol. The fraction of sp³-hybridized carbons (Fsp3) is 0.650. The third-order valence-corrected chi connectivity index (χ3v) is 4.26. The molecule has 0 bridgehead atoms. The first-order valence-electron chi connectivity index (χ1n) is 9.44. The van der Waals surface area contributed by atoms with E-state index in [1.165, 1.54) is 0 Å². The van der Waals surface area contributed by atoms with Crippen molar-refractivity contribution >= 4 is 5.97 Å². The summed E-state index contributed by atoms with van der Waals surface area (Å²) in [6.07, 6.45) is 2.14. The molecule has 0 aliphatic heterocycles. The van der Waals surface area contributed by atoms with E-state index in [4.69, 9.17) is 19.9 Å². The van der Waals surface area contributed by atoms with Crippen LogP contribution < -0.4 is 19.9 Å². The lowest BCUT2D eigenvalue weighted by Crippen LogP contribution is -2.25. The van der Waals surface area contributed by atoms with E-state index in [2.05, 4.69) is 6.92 Å². The summed E-state index contributed by atoms with van der Waals surface area (Å²) in [5.74, 6) is 1.17. The summed E-state index contributed by atoms with van der Waals surface area (Å²) in [5.41, 5.74) is 6.57. The minimum Gasteiger partial charge on any atom is -0.494 e. The van der Waals surface area contributed by atoms with E-state index in [1.54, 1.807) is 0 Å². The van der Waals surface area contributed by atoms with Gasteiger partial charge in [-0.3, -0.25) is 4.79 Å². The maximum atomic E-state index is 11.2. The van der Waals surface area contributed by atoms with Gasteiger partial charge in [0.05, 0.1) is 25.7 Å². The Bertz CT molecular complexity index is 534. The molecule has 0 radical (unpaired) electrons. The van der Waals surface area contributed by atoms with Crippen LogP contribution in [0.5, 0.6) is 17.2 Å². The number of carboxylic acid groups (broad SMARTS) is 1. The van der Waals surface area contributed by atoms with Crippen molar-refractivity contribution in [3.05, 3.63) is 17.7 Å². The Kier molecular flexibility index (Phi) is 9.88. The molecule has 0 spiro atoms. The topological polar surface area (TPSA) is 91.0 Å². The van der Waals surface area contributed by atoms with Crippen LogP contribution in [0.3, 0.4) is 0 Å². The Morgan fingerprint density at radius 3 is 2.04 bits per heavy atom. The molecule has 0 aliphatic carbocycles. The molecule has 0 saturated carbocycles. The Labute approximate surface area is 156 Å². The monoisotopic (exact) mass is 367 g/mol. The number of benzene rings is 1. The van der Waals surface area contributed by atoms with Crippen LogP contribution >= 0.6 is 0 Å². The summed E-state index contributed by atoms with van der Waals surface area (Å²) in [4.78, 5) is 11.2. The molecule has 0 aromatic heterocycles. The van der Waals surface area contributed by atoms with E-state index in [9.17, 15) is 9.90 Å². The van der Waals surface area contributed by atoms with Crippen molar-refractivity contribution in [3.63, 3.8) is 0 Å². The van der Waals surface area contributed by atoms with Crippen molar-refractivity contribution in [2.24, 2.45) is 17.6 Å². The van der Waals surface area contributed by atoms with E-state index in [1.807, 2.05) is 32.9 Å². The molecule has 2 unspecified atom stereocenters.